The summed E-state index contributed by atoms with van der Waals surface area (Å²) in [6.07, 6.45) is 3.34. The van der Waals surface area contributed by atoms with Crippen molar-refractivity contribution < 1.29 is 9.15 Å². The summed E-state index contributed by atoms with van der Waals surface area (Å²) >= 11 is 6.28. The number of hydrogen-bond acceptors (Lipinski definition) is 4. The molecule has 5 heteroatoms. The van der Waals surface area contributed by atoms with Gasteiger partial charge in [-0.2, -0.15) is 0 Å². The number of fused-ring (bicyclic) bond motifs is 1. The van der Waals surface area contributed by atoms with E-state index in [4.69, 9.17) is 20.8 Å². The lowest BCUT2D eigenvalue weighted by Crippen LogP contribution is -2.03. The Labute approximate surface area is 143 Å². The second-order valence-electron chi connectivity index (χ2n) is 4.99. The highest BCUT2D eigenvalue weighted by Gasteiger charge is 2.09. The zero-order valence-corrected chi connectivity index (χ0v) is 13.5. The highest BCUT2D eigenvalue weighted by atomic mass is 35.5. The number of benzene rings is 2. The molecule has 24 heavy (non-hydrogen) atoms. The van der Waals surface area contributed by atoms with Crippen LogP contribution in [0.15, 0.2) is 70.4 Å². The summed E-state index contributed by atoms with van der Waals surface area (Å²) in [7, 11) is 0. The highest BCUT2D eigenvalue weighted by Crippen LogP contribution is 2.23. The van der Waals surface area contributed by atoms with Crippen molar-refractivity contribution in [3.8, 4) is 5.75 Å². The standard InChI is InChI=1S/C19H14ClNO3/c1-2-10-23-14-7-5-6-13(11-14)12-16(20)18-21-17-9-4-3-8-15(17)19(22)24-18/h2-9,11-12H,1,10H2/b16-12-. The van der Waals surface area contributed by atoms with Crippen LogP contribution in [0.25, 0.3) is 22.0 Å². The summed E-state index contributed by atoms with van der Waals surface area (Å²) in [5.41, 5.74) is 0.878. The third kappa shape index (κ3) is 3.55. The van der Waals surface area contributed by atoms with Gasteiger partial charge in [0.2, 0.25) is 5.89 Å². The first-order chi connectivity index (χ1) is 11.7. The van der Waals surface area contributed by atoms with Crippen LogP contribution in [-0.4, -0.2) is 11.6 Å². The van der Waals surface area contributed by atoms with Crippen LogP contribution in [0.3, 0.4) is 0 Å². The molecular formula is C19H14ClNO3. The van der Waals surface area contributed by atoms with Gasteiger partial charge in [0.15, 0.2) is 0 Å². The van der Waals surface area contributed by atoms with Gasteiger partial charge in [-0.3, -0.25) is 0 Å². The molecule has 1 aromatic heterocycles. The minimum absolute atomic E-state index is 0.0813. The van der Waals surface area contributed by atoms with E-state index in [2.05, 4.69) is 11.6 Å². The van der Waals surface area contributed by atoms with Gasteiger partial charge >= 0.3 is 5.63 Å². The van der Waals surface area contributed by atoms with Crippen molar-refractivity contribution >= 4 is 33.6 Å². The summed E-state index contributed by atoms with van der Waals surface area (Å²) in [6.45, 7) is 4.03. The van der Waals surface area contributed by atoms with Gasteiger partial charge in [-0.05, 0) is 35.9 Å². The molecule has 0 N–H and O–H groups in total. The van der Waals surface area contributed by atoms with Crippen molar-refractivity contribution in [1.82, 2.24) is 4.98 Å². The molecule has 3 rings (SSSR count). The molecule has 1 heterocycles. The molecule has 0 bridgehead atoms. The first-order valence-electron chi connectivity index (χ1n) is 7.28. The first-order valence-corrected chi connectivity index (χ1v) is 7.66. The van der Waals surface area contributed by atoms with E-state index in [-0.39, 0.29) is 10.9 Å². The van der Waals surface area contributed by atoms with Crippen molar-refractivity contribution in [2.24, 2.45) is 0 Å². The zero-order chi connectivity index (χ0) is 16.9. The maximum Gasteiger partial charge on any atom is 0.347 e. The van der Waals surface area contributed by atoms with Crippen molar-refractivity contribution in [3.63, 3.8) is 0 Å². The smallest absolute Gasteiger partial charge is 0.347 e. The second-order valence-corrected chi connectivity index (χ2v) is 5.40. The predicted molar refractivity (Wildman–Crippen MR) is 96.1 cm³/mol. The molecule has 0 aliphatic carbocycles. The van der Waals surface area contributed by atoms with Gasteiger partial charge in [-0.1, -0.05) is 48.5 Å². The SMILES string of the molecule is C=CCOc1cccc(/C=C(\Cl)c2nc3ccccc3c(=O)o2)c1. The zero-order valence-electron chi connectivity index (χ0n) is 12.7. The number of aromatic nitrogens is 1. The largest absolute Gasteiger partial charge is 0.490 e. The van der Waals surface area contributed by atoms with Gasteiger partial charge in [0.25, 0.3) is 0 Å². The lowest BCUT2D eigenvalue weighted by molar-refractivity contribution is 0.363. The van der Waals surface area contributed by atoms with Crippen LogP contribution in [0.1, 0.15) is 11.5 Å². The molecule has 0 saturated carbocycles. The number of rotatable bonds is 5. The molecule has 4 nitrogen and oxygen atoms in total. The number of nitrogens with zero attached hydrogens (tertiary/aromatic N) is 1. The molecule has 0 aliphatic rings. The molecule has 2 aromatic carbocycles. The van der Waals surface area contributed by atoms with E-state index in [0.29, 0.717) is 23.3 Å². The summed E-state index contributed by atoms with van der Waals surface area (Å²) in [4.78, 5) is 16.3. The van der Waals surface area contributed by atoms with E-state index in [1.54, 1.807) is 36.4 Å². The Morgan fingerprint density at radius 3 is 2.92 bits per heavy atom. The van der Waals surface area contributed by atoms with Crippen LogP contribution < -0.4 is 10.4 Å². The monoisotopic (exact) mass is 339 g/mol. The highest BCUT2D eigenvalue weighted by molar-refractivity contribution is 6.50. The Morgan fingerprint density at radius 2 is 2.08 bits per heavy atom. The number of para-hydroxylation sites is 1. The van der Waals surface area contributed by atoms with Crippen LogP contribution in [-0.2, 0) is 0 Å². The maximum atomic E-state index is 12.0. The van der Waals surface area contributed by atoms with E-state index in [1.807, 2.05) is 24.3 Å². The molecule has 0 fully saturated rings. The van der Waals surface area contributed by atoms with Gasteiger partial charge in [0.1, 0.15) is 17.4 Å². The molecule has 0 saturated heterocycles. The molecule has 3 aromatic rings. The average Bonchev–Trinajstić information content (AvgIpc) is 2.60. The van der Waals surface area contributed by atoms with E-state index in [1.165, 1.54) is 0 Å². The molecule has 0 atom stereocenters. The Bertz CT molecular complexity index is 976. The normalized spacial score (nSPS) is 11.5. The van der Waals surface area contributed by atoms with Crippen LogP contribution in [0.4, 0.5) is 0 Å². The number of halogens is 1. The Kier molecular flexibility index (Phi) is 4.77. The van der Waals surface area contributed by atoms with Crippen molar-refractivity contribution in [1.29, 1.82) is 0 Å². The second kappa shape index (κ2) is 7.15. The van der Waals surface area contributed by atoms with Crippen LogP contribution in [0.5, 0.6) is 5.75 Å². The van der Waals surface area contributed by atoms with Crippen LogP contribution >= 0.6 is 11.6 Å². The van der Waals surface area contributed by atoms with Gasteiger partial charge in [-0.15, -0.1) is 0 Å². The van der Waals surface area contributed by atoms with Gasteiger partial charge in [0, 0.05) is 0 Å². The lowest BCUT2D eigenvalue weighted by Gasteiger charge is -2.04. The minimum Gasteiger partial charge on any atom is -0.490 e. The topological polar surface area (TPSA) is 52.3 Å². The first kappa shape index (κ1) is 16.0. The summed E-state index contributed by atoms with van der Waals surface area (Å²) in [5.74, 6) is 0.777. The third-order valence-corrected chi connectivity index (χ3v) is 3.53. The molecular weight excluding hydrogens is 326 g/mol. The Morgan fingerprint density at radius 1 is 1.25 bits per heavy atom. The summed E-state index contributed by atoms with van der Waals surface area (Å²) in [6, 6.07) is 14.3. The molecule has 0 radical (unpaired) electrons. The van der Waals surface area contributed by atoms with Gasteiger partial charge in [0.05, 0.1) is 10.9 Å². The fourth-order valence-electron chi connectivity index (χ4n) is 2.18. The van der Waals surface area contributed by atoms with E-state index < -0.39 is 5.63 Å². The van der Waals surface area contributed by atoms with Crippen LogP contribution in [0.2, 0.25) is 0 Å². The predicted octanol–water partition coefficient (Wildman–Crippen LogP) is 4.49. The molecule has 0 spiro atoms. The van der Waals surface area contributed by atoms with E-state index >= 15 is 0 Å². The lowest BCUT2D eigenvalue weighted by atomic mass is 10.2. The van der Waals surface area contributed by atoms with Crippen LogP contribution in [0, 0.1) is 0 Å². The molecule has 0 aliphatic heterocycles. The fourth-order valence-corrected chi connectivity index (χ4v) is 2.39. The quantitative estimate of drug-likeness (QED) is 0.643. The molecule has 120 valence electrons. The van der Waals surface area contributed by atoms with E-state index in [9.17, 15) is 4.79 Å². The van der Waals surface area contributed by atoms with Gasteiger partial charge < -0.3 is 9.15 Å². The van der Waals surface area contributed by atoms with Crippen molar-refractivity contribution in [2.75, 3.05) is 6.61 Å². The Hall–Kier alpha value is -2.85. The molecule has 0 unspecified atom stereocenters. The summed E-state index contributed by atoms with van der Waals surface area (Å²) < 4.78 is 10.7. The van der Waals surface area contributed by atoms with Crippen molar-refractivity contribution in [2.45, 2.75) is 0 Å². The minimum atomic E-state index is -0.467. The number of hydrogen-bond donors (Lipinski definition) is 0. The average molecular weight is 340 g/mol. The fraction of sp³-hybridized carbons (Fsp3) is 0.0526. The summed E-state index contributed by atoms with van der Waals surface area (Å²) in [5, 5.41) is 0.657. The number of ether oxygens (including phenoxy) is 1. The van der Waals surface area contributed by atoms with E-state index in [0.717, 1.165) is 5.56 Å². The molecule has 0 amide bonds. The van der Waals surface area contributed by atoms with Crippen molar-refractivity contribution in [3.05, 3.63) is 83.1 Å². The maximum absolute atomic E-state index is 12.0. The Balaban J connectivity index is 1.96. The van der Waals surface area contributed by atoms with Gasteiger partial charge in [-0.25, -0.2) is 9.78 Å². The third-order valence-electron chi connectivity index (χ3n) is 3.26.